The SMILES string of the molecule is COc1cc(/C=C(\C#N)C(=O)Nc2cccc(C)c2C)cc(I)c1Oc1ccc(C(F)(F)F)cc1[N+](=O)[O-]. The van der Waals surface area contributed by atoms with Gasteiger partial charge >= 0.3 is 11.9 Å². The molecule has 0 spiro atoms. The molecule has 0 aliphatic carbocycles. The molecule has 0 saturated heterocycles. The normalized spacial score (nSPS) is 11.5. The maximum Gasteiger partial charge on any atom is 0.416 e. The average Bonchev–Trinajstić information content (AvgIpc) is 2.85. The molecule has 0 bridgehead atoms. The molecule has 0 saturated carbocycles. The van der Waals surface area contributed by atoms with Crippen LogP contribution in [0.4, 0.5) is 24.5 Å². The quantitative estimate of drug-likeness (QED) is 0.0966. The van der Waals surface area contributed by atoms with Gasteiger partial charge in [0.15, 0.2) is 11.5 Å². The number of nitrogens with one attached hydrogen (secondary N) is 1. The summed E-state index contributed by atoms with van der Waals surface area (Å²) in [5, 5.41) is 23.7. The van der Waals surface area contributed by atoms with Crippen molar-refractivity contribution in [3.05, 3.63) is 90.0 Å². The fourth-order valence-corrected chi connectivity index (χ4v) is 4.08. The number of benzene rings is 3. The Morgan fingerprint density at radius 1 is 1.16 bits per heavy atom. The number of nitriles is 1. The molecule has 0 unspecified atom stereocenters. The fourth-order valence-electron chi connectivity index (χ4n) is 3.35. The van der Waals surface area contributed by atoms with E-state index in [0.717, 1.165) is 17.2 Å². The third-order valence-electron chi connectivity index (χ3n) is 5.48. The Balaban J connectivity index is 1.96. The van der Waals surface area contributed by atoms with Crippen LogP contribution < -0.4 is 14.8 Å². The third-order valence-corrected chi connectivity index (χ3v) is 6.28. The zero-order chi connectivity index (χ0) is 28.2. The van der Waals surface area contributed by atoms with Crippen LogP contribution in [0.5, 0.6) is 17.2 Å². The van der Waals surface area contributed by atoms with Gasteiger partial charge in [-0.1, -0.05) is 12.1 Å². The summed E-state index contributed by atoms with van der Waals surface area (Å²) < 4.78 is 50.4. The van der Waals surface area contributed by atoms with Crippen molar-refractivity contribution in [2.45, 2.75) is 20.0 Å². The van der Waals surface area contributed by atoms with Crippen molar-refractivity contribution in [3.8, 4) is 23.3 Å². The number of halogens is 4. The second-order valence-corrected chi connectivity index (χ2v) is 9.11. The molecular weight excluding hydrogens is 618 g/mol. The van der Waals surface area contributed by atoms with Crippen LogP contribution in [0.2, 0.25) is 0 Å². The molecule has 0 aliphatic rings. The number of rotatable bonds is 7. The minimum atomic E-state index is -4.77. The predicted molar refractivity (Wildman–Crippen MR) is 142 cm³/mol. The lowest BCUT2D eigenvalue weighted by atomic mass is 10.1. The van der Waals surface area contributed by atoms with E-state index in [1.54, 1.807) is 12.1 Å². The number of carbonyl (C=O) groups excluding carboxylic acids is 1. The molecule has 12 heteroatoms. The fraction of sp³-hybridized carbons (Fsp3) is 0.154. The number of carbonyl (C=O) groups is 1. The van der Waals surface area contributed by atoms with E-state index >= 15 is 0 Å². The van der Waals surface area contributed by atoms with E-state index in [1.165, 1.54) is 25.3 Å². The monoisotopic (exact) mass is 637 g/mol. The van der Waals surface area contributed by atoms with E-state index in [4.69, 9.17) is 9.47 Å². The molecule has 1 amide bonds. The Morgan fingerprint density at radius 3 is 2.47 bits per heavy atom. The summed E-state index contributed by atoms with van der Waals surface area (Å²) in [7, 11) is 1.30. The number of hydrogen-bond acceptors (Lipinski definition) is 6. The van der Waals surface area contributed by atoms with Gasteiger partial charge in [-0.2, -0.15) is 18.4 Å². The maximum atomic E-state index is 13.0. The van der Waals surface area contributed by atoms with Gasteiger partial charge in [0.1, 0.15) is 11.6 Å². The summed E-state index contributed by atoms with van der Waals surface area (Å²) in [5.74, 6) is -0.972. The third kappa shape index (κ3) is 6.41. The molecule has 3 rings (SSSR count). The second-order valence-electron chi connectivity index (χ2n) is 7.94. The van der Waals surface area contributed by atoms with Gasteiger partial charge in [-0.15, -0.1) is 0 Å². The van der Waals surface area contributed by atoms with Crippen molar-refractivity contribution in [3.63, 3.8) is 0 Å². The average molecular weight is 637 g/mol. The number of amides is 1. The van der Waals surface area contributed by atoms with Crippen LogP contribution in [0.25, 0.3) is 6.08 Å². The number of nitrogens with zero attached hydrogens (tertiary/aromatic N) is 2. The summed E-state index contributed by atoms with van der Waals surface area (Å²) in [5.41, 5.74) is 0.495. The van der Waals surface area contributed by atoms with Gasteiger partial charge < -0.3 is 14.8 Å². The molecule has 3 aromatic carbocycles. The van der Waals surface area contributed by atoms with Crippen LogP contribution in [-0.4, -0.2) is 17.9 Å². The van der Waals surface area contributed by atoms with Crippen molar-refractivity contribution in [1.82, 2.24) is 0 Å². The summed E-state index contributed by atoms with van der Waals surface area (Å²) in [6, 6.07) is 12.1. The second kappa shape index (κ2) is 11.5. The van der Waals surface area contributed by atoms with Gasteiger partial charge in [-0.25, -0.2) is 0 Å². The number of aryl methyl sites for hydroxylation is 1. The number of methoxy groups -OCH3 is 1. The number of ether oxygens (including phenoxy) is 2. The number of nitro groups is 1. The van der Waals surface area contributed by atoms with Gasteiger partial charge in [0.05, 0.1) is 21.2 Å². The van der Waals surface area contributed by atoms with Crippen LogP contribution in [0.3, 0.4) is 0 Å². The highest BCUT2D eigenvalue weighted by Crippen LogP contribution is 2.42. The van der Waals surface area contributed by atoms with Gasteiger partial charge in [-0.05, 0) is 89.5 Å². The van der Waals surface area contributed by atoms with Crippen LogP contribution in [0.15, 0.2) is 54.1 Å². The van der Waals surface area contributed by atoms with Crippen molar-refractivity contribution >= 4 is 45.9 Å². The lowest BCUT2D eigenvalue weighted by Crippen LogP contribution is -2.14. The minimum Gasteiger partial charge on any atom is -0.493 e. The highest BCUT2D eigenvalue weighted by atomic mass is 127. The Morgan fingerprint density at radius 2 is 1.87 bits per heavy atom. The first-order valence-electron chi connectivity index (χ1n) is 10.8. The smallest absolute Gasteiger partial charge is 0.416 e. The minimum absolute atomic E-state index is 0.00598. The van der Waals surface area contributed by atoms with E-state index in [1.807, 2.05) is 48.6 Å². The summed E-state index contributed by atoms with van der Waals surface area (Å²) in [4.78, 5) is 23.2. The Hall–Kier alpha value is -4.12. The first-order chi connectivity index (χ1) is 17.8. The zero-order valence-corrected chi connectivity index (χ0v) is 22.3. The molecule has 196 valence electrons. The van der Waals surface area contributed by atoms with Gasteiger partial charge in [0.25, 0.3) is 5.91 Å². The van der Waals surface area contributed by atoms with E-state index in [2.05, 4.69) is 5.32 Å². The molecule has 3 aromatic rings. The molecule has 8 nitrogen and oxygen atoms in total. The topological polar surface area (TPSA) is 114 Å². The molecule has 0 aliphatic heterocycles. The van der Waals surface area contributed by atoms with Gasteiger partial charge in [0, 0.05) is 11.8 Å². The highest BCUT2D eigenvalue weighted by Gasteiger charge is 2.33. The first-order valence-corrected chi connectivity index (χ1v) is 11.8. The molecule has 38 heavy (non-hydrogen) atoms. The molecular formula is C26H19F3IN3O5. The van der Waals surface area contributed by atoms with E-state index in [-0.39, 0.29) is 17.1 Å². The Kier molecular flexibility index (Phi) is 8.62. The van der Waals surface area contributed by atoms with E-state index in [9.17, 15) is 33.3 Å². The van der Waals surface area contributed by atoms with Crippen LogP contribution in [0, 0.1) is 38.9 Å². The van der Waals surface area contributed by atoms with Crippen LogP contribution >= 0.6 is 22.6 Å². The number of hydrogen-bond donors (Lipinski definition) is 1. The van der Waals surface area contributed by atoms with Crippen LogP contribution in [0.1, 0.15) is 22.3 Å². The molecule has 0 fully saturated rings. The van der Waals surface area contributed by atoms with Gasteiger partial charge in [0.2, 0.25) is 5.75 Å². The summed E-state index contributed by atoms with van der Waals surface area (Å²) in [6.45, 7) is 3.73. The van der Waals surface area contributed by atoms with Crippen molar-refractivity contribution in [1.29, 1.82) is 5.26 Å². The van der Waals surface area contributed by atoms with Crippen LogP contribution in [-0.2, 0) is 11.0 Å². The standard InChI is InChI=1S/C26H19F3IN3O5/c1-14-5-4-6-20(15(14)2)32-25(34)17(13-31)9-16-10-19(30)24(23(11-16)37-3)38-22-8-7-18(26(27,28)29)12-21(22)33(35)36/h4-12H,1-3H3,(H,32,34)/b17-9+. The first kappa shape index (κ1) is 28.5. The van der Waals surface area contributed by atoms with Gasteiger partial charge in [-0.3, -0.25) is 14.9 Å². The zero-order valence-electron chi connectivity index (χ0n) is 20.1. The molecule has 0 atom stereocenters. The van der Waals surface area contributed by atoms with E-state index < -0.39 is 34.0 Å². The maximum absolute atomic E-state index is 13.0. The summed E-state index contributed by atoms with van der Waals surface area (Å²) in [6.07, 6.45) is -3.44. The number of alkyl halides is 3. The van der Waals surface area contributed by atoms with Crippen molar-refractivity contribution in [2.75, 3.05) is 12.4 Å². The largest absolute Gasteiger partial charge is 0.493 e. The molecule has 0 heterocycles. The molecule has 0 radical (unpaired) electrons. The lowest BCUT2D eigenvalue weighted by molar-refractivity contribution is -0.385. The number of nitro benzene ring substituents is 1. The lowest BCUT2D eigenvalue weighted by Gasteiger charge is -2.14. The van der Waals surface area contributed by atoms with Crippen molar-refractivity contribution in [2.24, 2.45) is 0 Å². The summed E-state index contributed by atoms with van der Waals surface area (Å²) >= 11 is 1.85. The van der Waals surface area contributed by atoms with E-state index in [0.29, 0.717) is 27.0 Å². The Bertz CT molecular complexity index is 1500. The molecule has 1 N–H and O–H groups in total. The predicted octanol–water partition coefficient (Wildman–Crippen LogP) is 7.18. The molecule has 0 aromatic heterocycles. The number of anilines is 1. The highest BCUT2D eigenvalue weighted by molar-refractivity contribution is 14.1. The van der Waals surface area contributed by atoms with Crippen molar-refractivity contribution < 1.29 is 32.4 Å². The Labute approximate surface area is 229 Å².